The molecule has 5 heteroatoms. The Bertz CT molecular complexity index is 927. The van der Waals surface area contributed by atoms with Crippen molar-refractivity contribution in [2.75, 3.05) is 13.7 Å². The largest absolute Gasteiger partial charge is 0.493 e. The van der Waals surface area contributed by atoms with Crippen molar-refractivity contribution < 1.29 is 19.4 Å². The molecule has 0 aliphatic heterocycles. The minimum Gasteiger partial charge on any atom is -0.493 e. The van der Waals surface area contributed by atoms with Crippen LogP contribution >= 0.6 is 0 Å². The van der Waals surface area contributed by atoms with Crippen molar-refractivity contribution in [1.82, 2.24) is 4.98 Å². The number of aromatic amines is 1. The van der Waals surface area contributed by atoms with Gasteiger partial charge in [0.05, 0.1) is 25.8 Å². The Kier molecular flexibility index (Phi) is 4.65. The summed E-state index contributed by atoms with van der Waals surface area (Å²) in [6.07, 6.45) is -0.0473. The van der Waals surface area contributed by atoms with Crippen LogP contribution in [0.2, 0.25) is 0 Å². The monoisotopic (exact) mass is 339 g/mol. The van der Waals surface area contributed by atoms with Gasteiger partial charge in [-0.1, -0.05) is 18.2 Å². The molecule has 130 valence electrons. The third-order valence-corrected chi connectivity index (χ3v) is 4.23. The second-order valence-corrected chi connectivity index (χ2v) is 5.85. The second-order valence-electron chi connectivity index (χ2n) is 5.85. The molecule has 0 spiro atoms. The standard InChI is InChI=1S/C20H21NO4/c1-4-25-16-9-8-13(10-17(16)24-3)20-15(11-18(22)23)14-7-5-6-12(2)19(14)21-20/h5-10,21H,4,11H2,1-3H3,(H,22,23). The maximum Gasteiger partial charge on any atom is 0.307 e. The number of carbonyl (C=O) groups is 1. The molecule has 0 aliphatic rings. The van der Waals surface area contributed by atoms with Crippen molar-refractivity contribution in [3.05, 3.63) is 47.5 Å². The number of para-hydroxylation sites is 1. The fourth-order valence-electron chi connectivity index (χ4n) is 3.10. The normalized spacial score (nSPS) is 10.8. The zero-order chi connectivity index (χ0) is 18.0. The number of aliphatic carboxylic acids is 1. The van der Waals surface area contributed by atoms with Crippen molar-refractivity contribution in [2.45, 2.75) is 20.3 Å². The molecule has 0 atom stereocenters. The van der Waals surface area contributed by atoms with Gasteiger partial charge in [0.2, 0.25) is 0 Å². The number of carboxylic acid groups (broad SMARTS) is 1. The first-order valence-corrected chi connectivity index (χ1v) is 8.18. The van der Waals surface area contributed by atoms with Gasteiger partial charge in [-0.2, -0.15) is 0 Å². The minimum absolute atomic E-state index is 0.0473. The van der Waals surface area contributed by atoms with Gasteiger partial charge in [-0.25, -0.2) is 0 Å². The van der Waals surface area contributed by atoms with E-state index in [9.17, 15) is 9.90 Å². The SMILES string of the molecule is CCOc1ccc(-c2[nH]c3c(C)cccc3c2CC(=O)O)cc1OC. The number of rotatable bonds is 6. The lowest BCUT2D eigenvalue weighted by Crippen LogP contribution is -2.01. The molecule has 0 bridgehead atoms. The molecule has 0 radical (unpaired) electrons. The molecule has 5 nitrogen and oxygen atoms in total. The predicted octanol–water partition coefficient (Wildman–Crippen LogP) is 4.18. The molecule has 0 saturated carbocycles. The Labute approximate surface area is 146 Å². The van der Waals surface area contributed by atoms with Crippen molar-refractivity contribution >= 4 is 16.9 Å². The molecule has 25 heavy (non-hydrogen) atoms. The quantitative estimate of drug-likeness (QED) is 0.707. The van der Waals surface area contributed by atoms with Gasteiger partial charge < -0.3 is 19.6 Å². The Morgan fingerprint density at radius 2 is 2.00 bits per heavy atom. The number of nitrogens with one attached hydrogen (secondary N) is 1. The number of ether oxygens (including phenoxy) is 2. The van der Waals surface area contributed by atoms with Crippen LogP contribution < -0.4 is 9.47 Å². The van der Waals surface area contributed by atoms with Crippen LogP contribution in [0.15, 0.2) is 36.4 Å². The predicted molar refractivity (Wildman–Crippen MR) is 97.5 cm³/mol. The Hall–Kier alpha value is -2.95. The fourth-order valence-corrected chi connectivity index (χ4v) is 3.10. The van der Waals surface area contributed by atoms with E-state index in [0.717, 1.165) is 33.3 Å². The molecule has 1 aromatic heterocycles. The summed E-state index contributed by atoms with van der Waals surface area (Å²) < 4.78 is 11.0. The van der Waals surface area contributed by atoms with Crippen LogP contribution in [-0.2, 0) is 11.2 Å². The minimum atomic E-state index is -0.860. The molecule has 0 saturated heterocycles. The van der Waals surface area contributed by atoms with Crippen LogP contribution in [0.1, 0.15) is 18.1 Å². The molecule has 2 aromatic carbocycles. The van der Waals surface area contributed by atoms with Gasteiger partial charge in [0, 0.05) is 16.5 Å². The van der Waals surface area contributed by atoms with Gasteiger partial charge in [-0.3, -0.25) is 4.79 Å². The highest BCUT2D eigenvalue weighted by atomic mass is 16.5. The number of hydrogen-bond acceptors (Lipinski definition) is 3. The van der Waals surface area contributed by atoms with Crippen LogP contribution in [0.3, 0.4) is 0 Å². The molecule has 2 N–H and O–H groups in total. The van der Waals surface area contributed by atoms with E-state index in [1.807, 2.05) is 50.2 Å². The molecule has 3 aromatic rings. The van der Waals surface area contributed by atoms with Crippen LogP contribution in [-0.4, -0.2) is 29.8 Å². The van der Waals surface area contributed by atoms with E-state index in [4.69, 9.17) is 9.47 Å². The van der Waals surface area contributed by atoms with Crippen LogP contribution in [0.4, 0.5) is 0 Å². The summed E-state index contributed by atoms with van der Waals surface area (Å²) in [5.74, 6) is 0.429. The smallest absolute Gasteiger partial charge is 0.307 e. The van der Waals surface area contributed by atoms with E-state index in [-0.39, 0.29) is 6.42 Å². The number of aryl methyl sites for hydroxylation is 1. The lowest BCUT2D eigenvalue weighted by molar-refractivity contribution is -0.136. The van der Waals surface area contributed by atoms with E-state index >= 15 is 0 Å². The van der Waals surface area contributed by atoms with Crippen molar-refractivity contribution in [1.29, 1.82) is 0 Å². The molecular weight excluding hydrogens is 318 g/mol. The van der Waals surface area contributed by atoms with Crippen LogP contribution in [0.5, 0.6) is 11.5 Å². The number of carboxylic acids is 1. The number of methoxy groups -OCH3 is 1. The summed E-state index contributed by atoms with van der Waals surface area (Å²) in [4.78, 5) is 14.8. The lowest BCUT2D eigenvalue weighted by atomic mass is 10.0. The summed E-state index contributed by atoms with van der Waals surface area (Å²) in [6.45, 7) is 4.47. The second kappa shape index (κ2) is 6.89. The Morgan fingerprint density at radius 3 is 2.68 bits per heavy atom. The third kappa shape index (κ3) is 3.18. The zero-order valence-corrected chi connectivity index (χ0v) is 14.6. The van der Waals surface area contributed by atoms with Gasteiger partial charge in [0.1, 0.15) is 0 Å². The molecule has 0 fully saturated rings. The summed E-state index contributed by atoms with van der Waals surface area (Å²) >= 11 is 0. The number of hydrogen-bond donors (Lipinski definition) is 2. The van der Waals surface area contributed by atoms with Gasteiger partial charge in [-0.05, 0) is 43.2 Å². The maximum absolute atomic E-state index is 11.4. The summed E-state index contributed by atoms with van der Waals surface area (Å²) in [6, 6.07) is 11.5. The Morgan fingerprint density at radius 1 is 1.20 bits per heavy atom. The van der Waals surface area contributed by atoms with Crippen molar-refractivity contribution in [3.8, 4) is 22.8 Å². The van der Waals surface area contributed by atoms with E-state index in [2.05, 4.69) is 4.98 Å². The average molecular weight is 339 g/mol. The van der Waals surface area contributed by atoms with E-state index in [0.29, 0.717) is 18.1 Å². The first kappa shape index (κ1) is 16.9. The van der Waals surface area contributed by atoms with Crippen LogP contribution in [0.25, 0.3) is 22.2 Å². The first-order valence-electron chi connectivity index (χ1n) is 8.18. The van der Waals surface area contributed by atoms with Crippen molar-refractivity contribution in [3.63, 3.8) is 0 Å². The van der Waals surface area contributed by atoms with Gasteiger partial charge in [0.25, 0.3) is 0 Å². The average Bonchev–Trinajstić information content (AvgIpc) is 2.95. The summed E-state index contributed by atoms with van der Waals surface area (Å²) in [5, 5.41) is 10.3. The molecule has 0 amide bonds. The Balaban J connectivity index is 2.20. The zero-order valence-electron chi connectivity index (χ0n) is 14.6. The number of aromatic nitrogens is 1. The van der Waals surface area contributed by atoms with E-state index in [1.54, 1.807) is 7.11 Å². The van der Waals surface area contributed by atoms with Crippen LogP contribution in [0, 0.1) is 6.92 Å². The molecule has 3 rings (SSSR count). The first-order chi connectivity index (χ1) is 12.0. The number of H-pyrrole nitrogens is 1. The summed E-state index contributed by atoms with van der Waals surface area (Å²) in [5.41, 5.74) is 4.48. The highest BCUT2D eigenvalue weighted by Crippen LogP contribution is 2.37. The fraction of sp³-hybridized carbons (Fsp3) is 0.250. The van der Waals surface area contributed by atoms with Gasteiger partial charge >= 0.3 is 5.97 Å². The van der Waals surface area contributed by atoms with E-state index in [1.165, 1.54) is 0 Å². The number of fused-ring (bicyclic) bond motifs is 1. The molecule has 0 unspecified atom stereocenters. The van der Waals surface area contributed by atoms with E-state index < -0.39 is 5.97 Å². The molecular formula is C20H21NO4. The summed E-state index contributed by atoms with van der Waals surface area (Å²) in [7, 11) is 1.59. The topological polar surface area (TPSA) is 71.6 Å². The van der Waals surface area contributed by atoms with Gasteiger partial charge in [0.15, 0.2) is 11.5 Å². The van der Waals surface area contributed by atoms with Gasteiger partial charge in [-0.15, -0.1) is 0 Å². The molecule has 1 heterocycles. The lowest BCUT2D eigenvalue weighted by Gasteiger charge is -2.11. The maximum atomic E-state index is 11.4. The highest BCUT2D eigenvalue weighted by Gasteiger charge is 2.18. The van der Waals surface area contributed by atoms with Crippen molar-refractivity contribution in [2.24, 2.45) is 0 Å². The highest BCUT2D eigenvalue weighted by molar-refractivity contribution is 5.95. The number of benzene rings is 2. The third-order valence-electron chi connectivity index (χ3n) is 4.23. The molecule has 0 aliphatic carbocycles.